The fourth-order valence-corrected chi connectivity index (χ4v) is 3.16. The summed E-state index contributed by atoms with van der Waals surface area (Å²) in [6.07, 6.45) is 0.842. The van der Waals surface area contributed by atoms with E-state index < -0.39 is 15.8 Å². The largest absolute Gasteiger partial charge is 0.395 e. The van der Waals surface area contributed by atoms with Gasteiger partial charge in [0.2, 0.25) is 10.0 Å². The highest BCUT2D eigenvalue weighted by Crippen LogP contribution is 2.16. The molecular formula is C14H16FNO4S. The topological polar surface area (TPSA) is 75.6 Å². The van der Waals surface area contributed by atoms with E-state index in [1.807, 2.05) is 0 Å². The summed E-state index contributed by atoms with van der Waals surface area (Å²) in [6.45, 7) is 0.738. The Hall–Kier alpha value is -1.46. The van der Waals surface area contributed by atoms with Gasteiger partial charge in [0.15, 0.2) is 0 Å². The predicted octanol–water partition coefficient (Wildman–Crippen LogP) is 0.627. The minimum Gasteiger partial charge on any atom is -0.395 e. The number of benzene rings is 1. The second-order valence-electron chi connectivity index (χ2n) is 4.60. The van der Waals surface area contributed by atoms with E-state index >= 15 is 0 Å². The molecule has 21 heavy (non-hydrogen) atoms. The van der Waals surface area contributed by atoms with Gasteiger partial charge in [0.25, 0.3) is 0 Å². The number of nitrogens with one attached hydrogen (secondary N) is 1. The predicted molar refractivity (Wildman–Crippen MR) is 74.5 cm³/mol. The molecule has 1 fully saturated rings. The van der Waals surface area contributed by atoms with Crippen LogP contribution in [-0.2, 0) is 14.8 Å². The van der Waals surface area contributed by atoms with Crippen LogP contribution in [-0.4, -0.2) is 39.4 Å². The van der Waals surface area contributed by atoms with Crippen LogP contribution in [0.5, 0.6) is 0 Å². The molecule has 0 aliphatic carbocycles. The summed E-state index contributed by atoms with van der Waals surface area (Å²) in [5.74, 6) is 4.43. The Morgan fingerprint density at radius 3 is 2.90 bits per heavy atom. The monoisotopic (exact) mass is 313 g/mol. The lowest BCUT2D eigenvalue weighted by atomic mass is 10.2. The molecule has 0 saturated carbocycles. The van der Waals surface area contributed by atoms with Gasteiger partial charge in [-0.15, -0.1) is 0 Å². The van der Waals surface area contributed by atoms with Gasteiger partial charge in [-0.25, -0.2) is 17.5 Å². The fourth-order valence-electron chi connectivity index (χ4n) is 1.89. The average Bonchev–Trinajstić information content (AvgIpc) is 2.93. The molecule has 1 aromatic carbocycles. The molecule has 7 heteroatoms. The molecule has 0 radical (unpaired) electrons. The summed E-state index contributed by atoms with van der Waals surface area (Å²) in [5.41, 5.74) is 0.103. The van der Waals surface area contributed by atoms with Crippen molar-refractivity contribution >= 4 is 10.0 Å². The fraction of sp³-hybridized carbons (Fsp3) is 0.429. The third-order valence-corrected chi connectivity index (χ3v) is 4.48. The second kappa shape index (κ2) is 7.00. The SMILES string of the molecule is O=S(=O)(NC1CCOC1)c1ccc(C#CCCO)c(F)c1. The molecule has 1 atom stereocenters. The Balaban J connectivity index is 2.17. The third kappa shape index (κ3) is 4.25. The zero-order valence-electron chi connectivity index (χ0n) is 11.3. The third-order valence-electron chi connectivity index (χ3n) is 2.96. The maximum Gasteiger partial charge on any atom is 0.241 e. The van der Waals surface area contributed by atoms with Gasteiger partial charge in [-0.05, 0) is 24.6 Å². The van der Waals surface area contributed by atoms with E-state index in [-0.39, 0.29) is 29.5 Å². The first-order valence-corrected chi connectivity index (χ1v) is 8.00. The van der Waals surface area contributed by atoms with E-state index in [2.05, 4.69) is 16.6 Å². The molecule has 1 aromatic rings. The highest BCUT2D eigenvalue weighted by atomic mass is 32.2. The quantitative estimate of drug-likeness (QED) is 0.799. The summed E-state index contributed by atoms with van der Waals surface area (Å²) in [4.78, 5) is -0.139. The van der Waals surface area contributed by atoms with Crippen molar-refractivity contribution in [2.45, 2.75) is 23.8 Å². The molecule has 1 aliphatic heterocycles. The zero-order chi connectivity index (χ0) is 15.3. The van der Waals surface area contributed by atoms with Crippen LogP contribution in [0.3, 0.4) is 0 Å². The van der Waals surface area contributed by atoms with Crippen LogP contribution >= 0.6 is 0 Å². The Morgan fingerprint density at radius 1 is 1.48 bits per heavy atom. The van der Waals surface area contributed by atoms with Crippen molar-refractivity contribution in [2.75, 3.05) is 19.8 Å². The summed E-state index contributed by atoms with van der Waals surface area (Å²) in [7, 11) is -3.77. The molecule has 0 spiro atoms. The lowest BCUT2D eigenvalue weighted by Crippen LogP contribution is -2.35. The van der Waals surface area contributed by atoms with E-state index in [1.54, 1.807) is 0 Å². The number of ether oxygens (including phenoxy) is 1. The molecule has 1 saturated heterocycles. The maximum atomic E-state index is 13.8. The van der Waals surface area contributed by atoms with Crippen LogP contribution in [0.15, 0.2) is 23.1 Å². The number of sulfonamides is 1. The van der Waals surface area contributed by atoms with Gasteiger partial charge in [0, 0.05) is 19.1 Å². The van der Waals surface area contributed by atoms with Crippen molar-refractivity contribution in [3.63, 3.8) is 0 Å². The first kappa shape index (κ1) is 15.9. The van der Waals surface area contributed by atoms with E-state index in [0.717, 1.165) is 6.07 Å². The number of aliphatic hydroxyl groups excluding tert-OH is 1. The van der Waals surface area contributed by atoms with Gasteiger partial charge < -0.3 is 9.84 Å². The summed E-state index contributed by atoms with van der Waals surface area (Å²) in [6, 6.07) is 3.30. The number of hydrogen-bond donors (Lipinski definition) is 2. The van der Waals surface area contributed by atoms with Crippen molar-refractivity contribution in [3.05, 3.63) is 29.6 Å². The number of aliphatic hydroxyl groups is 1. The minimum absolute atomic E-state index is 0.103. The lowest BCUT2D eigenvalue weighted by molar-refractivity contribution is 0.192. The molecule has 2 N–H and O–H groups in total. The lowest BCUT2D eigenvalue weighted by Gasteiger charge is -2.11. The Bertz CT molecular complexity index is 657. The summed E-state index contributed by atoms with van der Waals surface area (Å²) in [5, 5.41) is 8.61. The Morgan fingerprint density at radius 2 is 2.29 bits per heavy atom. The standard InChI is InChI=1S/C14H16FNO4S/c15-14-9-13(5-4-11(14)3-1-2-7-17)21(18,19)16-12-6-8-20-10-12/h4-5,9,12,16-17H,2,6-8,10H2. The van der Waals surface area contributed by atoms with Crippen LogP contribution in [0.1, 0.15) is 18.4 Å². The normalized spacial score (nSPS) is 18.3. The van der Waals surface area contributed by atoms with Gasteiger partial charge in [0.05, 0.1) is 23.7 Å². The molecule has 0 amide bonds. The van der Waals surface area contributed by atoms with E-state index in [4.69, 9.17) is 9.84 Å². The average molecular weight is 313 g/mol. The van der Waals surface area contributed by atoms with Crippen molar-refractivity contribution in [2.24, 2.45) is 0 Å². The van der Waals surface area contributed by atoms with Crippen molar-refractivity contribution in [1.82, 2.24) is 4.72 Å². The smallest absolute Gasteiger partial charge is 0.241 e. The minimum atomic E-state index is -3.77. The molecular weight excluding hydrogens is 297 g/mol. The van der Waals surface area contributed by atoms with Crippen molar-refractivity contribution in [1.29, 1.82) is 0 Å². The Kier molecular flexibility index (Phi) is 5.31. The number of hydrogen-bond acceptors (Lipinski definition) is 4. The van der Waals surface area contributed by atoms with Gasteiger partial charge in [0.1, 0.15) is 5.82 Å². The van der Waals surface area contributed by atoms with Crippen LogP contribution < -0.4 is 4.72 Å². The van der Waals surface area contributed by atoms with Crippen LogP contribution in [0, 0.1) is 17.7 Å². The number of rotatable bonds is 4. The Labute approximate surface area is 123 Å². The second-order valence-corrected chi connectivity index (χ2v) is 6.31. The van der Waals surface area contributed by atoms with E-state index in [1.165, 1.54) is 12.1 Å². The summed E-state index contributed by atoms with van der Waals surface area (Å²) < 4.78 is 45.6. The van der Waals surface area contributed by atoms with Gasteiger partial charge in [-0.3, -0.25) is 0 Å². The van der Waals surface area contributed by atoms with Crippen LogP contribution in [0.2, 0.25) is 0 Å². The molecule has 1 aliphatic rings. The van der Waals surface area contributed by atoms with Gasteiger partial charge >= 0.3 is 0 Å². The molecule has 5 nitrogen and oxygen atoms in total. The van der Waals surface area contributed by atoms with Crippen LogP contribution in [0.25, 0.3) is 0 Å². The van der Waals surface area contributed by atoms with Crippen LogP contribution in [0.4, 0.5) is 4.39 Å². The maximum absolute atomic E-state index is 13.8. The number of halogens is 1. The van der Waals surface area contributed by atoms with Crippen molar-refractivity contribution < 1.29 is 22.7 Å². The highest BCUT2D eigenvalue weighted by Gasteiger charge is 2.24. The highest BCUT2D eigenvalue weighted by molar-refractivity contribution is 7.89. The van der Waals surface area contributed by atoms with Crippen molar-refractivity contribution in [3.8, 4) is 11.8 Å². The molecule has 0 bridgehead atoms. The first-order chi connectivity index (χ1) is 10.0. The zero-order valence-corrected chi connectivity index (χ0v) is 12.1. The van der Waals surface area contributed by atoms with Gasteiger partial charge in [-0.2, -0.15) is 0 Å². The van der Waals surface area contributed by atoms with Gasteiger partial charge in [-0.1, -0.05) is 11.8 Å². The molecule has 0 aromatic heterocycles. The van der Waals surface area contributed by atoms with E-state index in [0.29, 0.717) is 19.6 Å². The molecule has 114 valence electrons. The summed E-state index contributed by atoms with van der Waals surface area (Å²) >= 11 is 0. The first-order valence-electron chi connectivity index (χ1n) is 6.52. The molecule has 1 heterocycles. The molecule has 2 rings (SSSR count). The molecule has 1 unspecified atom stereocenters. The van der Waals surface area contributed by atoms with E-state index in [9.17, 15) is 12.8 Å².